The van der Waals surface area contributed by atoms with Crippen molar-refractivity contribution in [1.29, 1.82) is 0 Å². The van der Waals surface area contributed by atoms with Gasteiger partial charge >= 0.3 is 0 Å². The summed E-state index contributed by atoms with van der Waals surface area (Å²) in [5.41, 5.74) is 1.10. The molecule has 3 aromatic rings. The number of aryl methyl sites for hydroxylation is 1. The highest BCUT2D eigenvalue weighted by atomic mass is 32.2. The van der Waals surface area contributed by atoms with Gasteiger partial charge in [0.15, 0.2) is 0 Å². The molecule has 1 aromatic carbocycles. The minimum Gasteiger partial charge on any atom is -0.315 e. The summed E-state index contributed by atoms with van der Waals surface area (Å²) in [5.74, 6) is 2.40. The van der Waals surface area contributed by atoms with E-state index in [0.29, 0.717) is 24.1 Å². The number of piperidine rings is 1. The molecule has 0 bridgehead atoms. The quantitative estimate of drug-likeness (QED) is 0.649. The lowest BCUT2D eigenvalue weighted by atomic mass is 9.97. The smallest absolute Gasteiger partial charge is 0.245 e. The molecule has 0 spiro atoms. The molecule has 28 heavy (non-hydrogen) atoms. The predicted molar refractivity (Wildman–Crippen MR) is 106 cm³/mol. The Hall–Kier alpha value is -1.91. The summed E-state index contributed by atoms with van der Waals surface area (Å²) < 4.78 is 38.6. The standard InChI is InChI=1S/C18H22N6O2S2/c25-28(26,15-6-4-5-14-17(15)22-27-21-14)23-11-8-13(9-12-23)18-20-19-16-7-2-1-3-10-24(16)18/h4-6,13H,1-3,7-12H2. The normalized spacial score (nSPS) is 19.6. The lowest BCUT2D eigenvalue weighted by Crippen LogP contribution is -2.38. The van der Waals surface area contributed by atoms with Crippen LogP contribution in [-0.4, -0.2) is 49.3 Å². The molecule has 8 nitrogen and oxygen atoms in total. The maximum Gasteiger partial charge on any atom is 0.245 e. The molecule has 0 unspecified atom stereocenters. The van der Waals surface area contributed by atoms with Crippen LogP contribution in [0.4, 0.5) is 0 Å². The van der Waals surface area contributed by atoms with Crippen LogP contribution >= 0.6 is 11.7 Å². The number of nitrogens with zero attached hydrogens (tertiary/aromatic N) is 6. The van der Waals surface area contributed by atoms with Gasteiger partial charge in [0.25, 0.3) is 0 Å². The fourth-order valence-corrected chi connectivity index (χ4v) is 6.51. The fraction of sp³-hybridized carbons (Fsp3) is 0.556. The van der Waals surface area contributed by atoms with E-state index in [1.165, 1.54) is 12.8 Å². The molecule has 148 valence electrons. The van der Waals surface area contributed by atoms with Gasteiger partial charge in [-0.1, -0.05) is 12.5 Å². The Morgan fingerprint density at radius 2 is 1.86 bits per heavy atom. The maximum absolute atomic E-state index is 13.2. The van der Waals surface area contributed by atoms with E-state index >= 15 is 0 Å². The van der Waals surface area contributed by atoms with Crippen LogP contribution in [0.1, 0.15) is 49.7 Å². The molecule has 0 radical (unpaired) electrons. The third kappa shape index (κ3) is 3.03. The van der Waals surface area contributed by atoms with Crippen molar-refractivity contribution < 1.29 is 8.42 Å². The molecule has 5 rings (SSSR count). The first kappa shape index (κ1) is 18.1. The van der Waals surface area contributed by atoms with Crippen molar-refractivity contribution in [2.24, 2.45) is 0 Å². The van der Waals surface area contributed by atoms with Crippen molar-refractivity contribution in [2.75, 3.05) is 13.1 Å². The van der Waals surface area contributed by atoms with E-state index < -0.39 is 10.0 Å². The summed E-state index contributed by atoms with van der Waals surface area (Å²) in [7, 11) is -3.58. The van der Waals surface area contributed by atoms with E-state index in [1.807, 2.05) is 0 Å². The van der Waals surface area contributed by atoms with Crippen LogP contribution in [0, 0.1) is 0 Å². The molecule has 0 saturated carbocycles. The van der Waals surface area contributed by atoms with Crippen LogP contribution in [0.2, 0.25) is 0 Å². The number of aromatic nitrogens is 5. The number of hydrogen-bond donors (Lipinski definition) is 0. The van der Waals surface area contributed by atoms with Gasteiger partial charge in [0.05, 0.1) is 11.7 Å². The summed E-state index contributed by atoms with van der Waals surface area (Å²) in [6, 6.07) is 5.15. The summed E-state index contributed by atoms with van der Waals surface area (Å²) >= 11 is 1.04. The molecule has 0 N–H and O–H groups in total. The lowest BCUT2D eigenvalue weighted by molar-refractivity contribution is 0.308. The second kappa shape index (κ2) is 7.16. The second-order valence-electron chi connectivity index (χ2n) is 7.50. The van der Waals surface area contributed by atoms with E-state index in [1.54, 1.807) is 22.5 Å². The zero-order valence-electron chi connectivity index (χ0n) is 15.5. The Labute approximate surface area is 168 Å². The van der Waals surface area contributed by atoms with Crippen LogP contribution in [0.3, 0.4) is 0 Å². The number of rotatable bonds is 3. The highest BCUT2D eigenvalue weighted by Gasteiger charge is 2.33. The number of hydrogen-bond acceptors (Lipinski definition) is 7. The first-order valence-electron chi connectivity index (χ1n) is 9.78. The molecular weight excluding hydrogens is 396 g/mol. The van der Waals surface area contributed by atoms with Gasteiger partial charge in [0.2, 0.25) is 10.0 Å². The highest BCUT2D eigenvalue weighted by molar-refractivity contribution is 7.89. The van der Waals surface area contributed by atoms with Crippen molar-refractivity contribution >= 4 is 32.8 Å². The topological polar surface area (TPSA) is 93.9 Å². The third-order valence-electron chi connectivity index (χ3n) is 5.82. The molecule has 0 atom stereocenters. The Morgan fingerprint density at radius 3 is 2.71 bits per heavy atom. The van der Waals surface area contributed by atoms with Crippen molar-refractivity contribution in [2.45, 2.75) is 55.9 Å². The van der Waals surface area contributed by atoms with Crippen LogP contribution in [-0.2, 0) is 23.0 Å². The number of sulfonamides is 1. The molecule has 2 aliphatic rings. The van der Waals surface area contributed by atoms with Gasteiger partial charge in [-0.25, -0.2) is 8.42 Å². The van der Waals surface area contributed by atoms with E-state index in [2.05, 4.69) is 23.5 Å². The van der Waals surface area contributed by atoms with Gasteiger partial charge in [-0.3, -0.25) is 0 Å². The lowest BCUT2D eigenvalue weighted by Gasteiger charge is -2.31. The summed E-state index contributed by atoms with van der Waals surface area (Å²) in [6.45, 7) is 1.96. The van der Waals surface area contributed by atoms with Crippen LogP contribution in [0.5, 0.6) is 0 Å². The Kier molecular flexibility index (Phi) is 4.64. The van der Waals surface area contributed by atoms with Gasteiger partial charge < -0.3 is 4.57 Å². The summed E-state index contributed by atoms with van der Waals surface area (Å²) in [5, 5.41) is 8.87. The average Bonchev–Trinajstić information content (AvgIpc) is 3.29. The van der Waals surface area contributed by atoms with Crippen molar-refractivity contribution in [1.82, 2.24) is 27.8 Å². The van der Waals surface area contributed by atoms with E-state index in [9.17, 15) is 8.42 Å². The highest BCUT2D eigenvalue weighted by Crippen LogP contribution is 2.32. The van der Waals surface area contributed by atoms with E-state index in [0.717, 1.165) is 55.6 Å². The SMILES string of the molecule is O=S(=O)(c1cccc2nsnc12)N1CCC(c2nnc3n2CCCCC3)CC1. The molecular formula is C18H22N6O2S2. The second-order valence-corrected chi connectivity index (χ2v) is 9.94. The Balaban J connectivity index is 1.36. The van der Waals surface area contributed by atoms with E-state index in [-0.39, 0.29) is 10.8 Å². The van der Waals surface area contributed by atoms with Crippen molar-refractivity contribution in [3.05, 3.63) is 29.8 Å². The van der Waals surface area contributed by atoms with Gasteiger partial charge in [-0.2, -0.15) is 13.1 Å². The van der Waals surface area contributed by atoms with Crippen LogP contribution < -0.4 is 0 Å². The minimum atomic E-state index is -3.58. The zero-order chi connectivity index (χ0) is 19.1. The molecule has 1 fully saturated rings. The number of benzene rings is 1. The predicted octanol–water partition coefficient (Wildman–Crippen LogP) is 2.58. The van der Waals surface area contributed by atoms with E-state index in [4.69, 9.17) is 0 Å². The van der Waals surface area contributed by atoms with Crippen LogP contribution in [0.15, 0.2) is 23.1 Å². The molecule has 2 aliphatic heterocycles. The molecule has 2 aromatic heterocycles. The van der Waals surface area contributed by atoms with Crippen LogP contribution in [0.25, 0.3) is 11.0 Å². The Morgan fingerprint density at radius 1 is 1.00 bits per heavy atom. The number of fused-ring (bicyclic) bond motifs is 2. The van der Waals surface area contributed by atoms with Gasteiger partial charge in [0, 0.05) is 32.0 Å². The fourth-order valence-electron chi connectivity index (χ4n) is 4.29. The minimum absolute atomic E-state index is 0.258. The molecule has 10 heteroatoms. The average molecular weight is 419 g/mol. The first-order valence-corrected chi connectivity index (χ1v) is 11.9. The zero-order valence-corrected chi connectivity index (χ0v) is 17.1. The van der Waals surface area contributed by atoms with Gasteiger partial charge in [-0.05, 0) is 37.8 Å². The van der Waals surface area contributed by atoms with Crippen molar-refractivity contribution in [3.63, 3.8) is 0 Å². The molecule has 4 heterocycles. The molecule has 0 amide bonds. The summed E-state index contributed by atoms with van der Waals surface area (Å²) in [6.07, 6.45) is 6.09. The monoisotopic (exact) mass is 418 g/mol. The van der Waals surface area contributed by atoms with Gasteiger partial charge in [-0.15, -0.1) is 10.2 Å². The largest absolute Gasteiger partial charge is 0.315 e. The maximum atomic E-state index is 13.2. The molecule has 1 saturated heterocycles. The van der Waals surface area contributed by atoms with Crippen molar-refractivity contribution in [3.8, 4) is 0 Å². The summed E-state index contributed by atoms with van der Waals surface area (Å²) in [4.78, 5) is 0.258. The third-order valence-corrected chi connectivity index (χ3v) is 8.30. The molecule has 0 aliphatic carbocycles. The van der Waals surface area contributed by atoms with Gasteiger partial charge in [0.1, 0.15) is 27.6 Å². The first-order chi connectivity index (χ1) is 13.6. The Bertz CT molecular complexity index is 1100.